The highest BCUT2D eigenvalue weighted by Crippen LogP contribution is 2.33. The van der Waals surface area contributed by atoms with Gasteiger partial charge in [-0.2, -0.15) is 0 Å². The number of ether oxygens (including phenoxy) is 3. The molecule has 0 heterocycles. The van der Waals surface area contributed by atoms with Gasteiger partial charge < -0.3 is 19.5 Å². The molecule has 0 bridgehead atoms. The van der Waals surface area contributed by atoms with E-state index in [1.165, 1.54) is 0 Å². The van der Waals surface area contributed by atoms with Gasteiger partial charge in [-0.3, -0.25) is 0 Å². The van der Waals surface area contributed by atoms with E-state index in [9.17, 15) is 4.79 Å². The van der Waals surface area contributed by atoms with Gasteiger partial charge in [0, 0.05) is 12.1 Å². The van der Waals surface area contributed by atoms with E-state index in [0.29, 0.717) is 24.7 Å². The third-order valence-corrected chi connectivity index (χ3v) is 4.35. The Bertz CT molecular complexity index is 966. The zero-order chi connectivity index (χ0) is 22.1. The second-order valence-electron chi connectivity index (χ2n) is 8.15. The Kier molecular flexibility index (Phi) is 7.55. The van der Waals surface area contributed by atoms with Crippen LogP contribution in [0.3, 0.4) is 0 Å². The summed E-state index contributed by atoms with van der Waals surface area (Å²) >= 11 is 0. The third kappa shape index (κ3) is 7.37. The second-order valence-corrected chi connectivity index (χ2v) is 8.15. The topological polar surface area (TPSA) is 56.8 Å². The van der Waals surface area contributed by atoms with E-state index in [1.807, 2.05) is 99.6 Å². The van der Waals surface area contributed by atoms with Gasteiger partial charge in [-0.15, -0.1) is 0 Å². The fourth-order valence-electron chi connectivity index (χ4n) is 2.92. The highest BCUT2D eigenvalue weighted by Gasteiger charge is 2.17. The minimum atomic E-state index is -0.558. The first-order valence-electron chi connectivity index (χ1n) is 10.3. The van der Waals surface area contributed by atoms with Crippen molar-refractivity contribution in [1.29, 1.82) is 0 Å². The average Bonchev–Trinajstić information content (AvgIpc) is 2.75. The van der Waals surface area contributed by atoms with Gasteiger partial charge in [0.2, 0.25) is 0 Å². The van der Waals surface area contributed by atoms with Crippen LogP contribution in [-0.2, 0) is 24.5 Å². The molecular formula is C26H29NO4. The largest absolute Gasteiger partial charge is 0.485 e. The molecule has 0 saturated carbocycles. The molecule has 1 N–H and O–H groups in total. The first-order chi connectivity index (χ1) is 14.9. The van der Waals surface area contributed by atoms with Crippen molar-refractivity contribution in [2.24, 2.45) is 0 Å². The molecule has 3 aromatic carbocycles. The summed E-state index contributed by atoms with van der Waals surface area (Å²) in [7, 11) is 0. The van der Waals surface area contributed by atoms with Crippen LogP contribution in [0.25, 0.3) is 0 Å². The van der Waals surface area contributed by atoms with Gasteiger partial charge in [0.15, 0.2) is 11.5 Å². The van der Waals surface area contributed by atoms with Crippen molar-refractivity contribution in [3.05, 3.63) is 95.6 Å². The zero-order valence-corrected chi connectivity index (χ0v) is 18.3. The summed E-state index contributed by atoms with van der Waals surface area (Å²) in [6.45, 7) is 6.58. The predicted octanol–water partition coefficient (Wildman–Crippen LogP) is 5.87. The number of hydrogen-bond acceptors (Lipinski definition) is 4. The zero-order valence-electron chi connectivity index (χ0n) is 18.3. The number of benzene rings is 3. The lowest BCUT2D eigenvalue weighted by Crippen LogP contribution is -2.32. The monoisotopic (exact) mass is 419 g/mol. The van der Waals surface area contributed by atoms with E-state index in [2.05, 4.69) is 5.32 Å². The number of carbonyl (C=O) groups excluding carboxylic acids is 1. The molecule has 31 heavy (non-hydrogen) atoms. The fourth-order valence-corrected chi connectivity index (χ4v) is 2.92. The quantitative estimate of drug-likeness (QED) is 0.496. The van der Waals surface area contributed by atoms with Crippen LogP contribution in [0.1, 0.15) is 37.5 Å². The molecule has 1 amide bonds. The molecule has 0 radical (unpaired) electrons. The number of nitrogens with one attached hydrogen (secondary N) is 1. The van der Waals surface area contributed by atoms with Gasteiger partial charge >= 0.3 is 6.09 Å². The smallest absolute Gasteiger partial charge is 0.407 e. The van der Waals surface area contributed by atoms with Crippen LogP contribution in [-0.4, -0.2) is 11.7 Å². The summed E-state index contributed by atoms with van der Waals surface area (Å²) in [5.74, 6) is 1.24. The summed E-state index contributed by atoms with van der Waals surface area (Å²) in [6, 6.07) is 25.6. The summed E-state index contributed by atoms with van der Waals surface area (Å²) in [4.78, 5) is 12.1. The number of alkyl carbamates (subject to hydrolysis) is 1. The van der Waals surface area contributed by atoms with E-state index in [-0.39, 0.29) is 6.54 Å². The maximum Gasteiger partial charge on any atom is 0.407 e. The fraction of sp³-hybridized carbons (Fsp3) is 0.269. The minimum Gasteiger partial charge on any atom is -0.485 e. The molecule has 162 valence electrons. The van der Waals surface area contributed by atoms with E-state index >= 15 is 0 Å². The van der Waals surface area contributed by atoms with Gasteiger partial charge in [-0.25, -0.2) is 4.79 Å². The highest BCUT2D eigenvalue weighted by molar-refractivity contribution is 5.68. The lowest BCUT2D eigenvalue weighted by molar-refractivity contribution is 0.0523. The Morgan fingerprint density at radius 3 is 1.94 bits per heavy atom. The predicted molar refractivity (Wildman–Crippen MR) is 121 cm³/mol. The number of para-hydroxylation sites is 1. The molecule has 3 rings (SSSR count). The highest BCUT2D eigenvalue weighted by atomic mass is 16.6. The molecule has 0 aliphatic carbocycles. The third-order valence-electron chi connectivity index (χ3n) is 4.35. The molecule has 0 aliphatic rings. The number of hydrogen-bond donors (Lipinski definition) is 1. The Balaban J connectivity index is 1.76. The summed E-state index contributed by atoms with van der Waals surface area (Å²) in [5, 5.41) is 2.80. The molecule has 0 saturated heterocycles. The first kappa shape index (κ1) is 22.2. The minimum absolute atomic E-state index is 0.265. The van der Waals surface area contributed by atoms with Crippen molar-refractivity contribution in [2.45, 2.75) is 46.1 Å². The molecule has 0 spiro atoms. The van der Waals surface area contributed by atoms with Crippen molar-refractivity contribution >= 4 is 6.09 Å². The maximum atomic E-state index is 12.1. The maximum absolute atomic E-state index is 12.1. The van der Waals surface area contributed by atoms with E-state index in [1.54, 1.807) is 0 Å². The second kappa shape index (κ2) is 10.5. The molecule has 5 nitrogen and oxygen atoms in total. The van der Waals surface area contributed by atoms with Gasteiger partial charge in [-0.05, 0) is 38.0 Å². The van der Waals surface area contributed by atoms with Crippen LogP contribution in [0.2, 0.25) is 0 Å². The Labute approximate surface area is 184 Å². The standard InChI is InChI=1S/C26H29NO4/c1-26(2,3)31-25(28)27-17-22-15-10-16-23(29-18-20-11-6-4-7-12-20)24(22)30-19-21-13-8-5-9-14-21/h4-16H,17-19H2,1-3H3,(H,27,28). The Morgan fingerprint density at radius 1 is 0.774 bits per heavy atom. The lowest BCUT2D eigenvalue weighted by Gasteiger charge is -2.21. The van der Waals surface area contributed by atoms with Gasteiger partial charge in [-0.1, -0.05) is 72.8 Å². The van der Waals surface area contributed by atoms with E-state index < -0.39 is 11.7 Å². The molecule has 0 aliphatic heterocycles. The van der Waals surface area contributed by atoms with Crippen molar-refractivity contribution < 1.29 is 19.0 Å². The first-order valence-corrected chi connectivity index (χ1v) is 10.3. The van der Waals surface area contributed by atoms with Crippen LogP contribution in [0.5, 0.6) is 11.5 Å². The normalized spacial score (nSPS) is 10.9. The van der Waals surface area contributed by atoms with Crippen molar-refractivity contribution in [3.8, 4) is 11.5 Å². The molecule has 0 atom stereocenters. The van der Waals surface area contributed by atoms with Crippen molar-refractivity contribution in [2.75, 3.05) is 0 Å². The Hall–Kier alpha value is -3.47. The van der Waals surface area contributed by atoms with E-state index in [0.717, 1.165) is 16.7 Å². The summed E-state index contributed by atoms with van der Waals surface area (Å²) in [6.07, 6.45) is -0.475. The molecule has 0 unspecified atom stereocenters. The van der Waals surface area contributed by atoms with Crippen molar-refractivity contribution in [1.82, 2.24) is 5.32 Å². The molecule has 0 aromatic heterocycles. The molecule has 5 heteroatoms. The number of amides is 1. The summed E-state index contributed by atoms with van der Waals surface area (Å²) < 4.78 is 17.6. The number of carbonyl (C=O) groups is 1. The number of rotatable bonds is 8. The Morgan fingerprint density at radius 2 is 1.35 bits per heavy atom. The molecular weight excluding hydrogens is 390 g/mol. The van der Waals surface area contributed by atoms with Gasteiger partial charge in [0.05, 0.1) is 0 Å². The van der Waals surface area contributed by atoms with Crippen molar-refractivity contribution in [3.63, 3.8) is 0 Å². The van der Waals surface area contributed by atoms with Gasteiger partial charge in [0.1, 0.15) is 18.8 Å². The van der Waals surface area contributed by atoms with Crippen LogP contribution in [0.15, 0.2) is 78.9 Å². The lowest BCUT2D eigenvalue weighted by atomic mass is 10.1. The van der Waals surface area contributed by atoms with Crippen LogP contribution >= 0.6 is 0 Å². The van der Waals surface area contributed by atoms with E-state index in [4.69, 9.17) is 14.2 Å². The van der Waals surface area contributed by atoms with Crippen LogP contribution in [0.4, 0.5) is 4.79 Å². The SMILES string of the molecule is CC(C)(C)OC(=O)NCc1cccc(OCc2ccccc2)c1OCc1ccccc1. The van der Waals surface area contributed by atoms with Gasteiger partial charge in [0.25, 0.3) is 0 Å². The van der Waals surface area contributed by atoms with Crippen LogP contribution < -0.4 is 14.8 Å². The van der Waals surface area contributed by atoms with Crippen LogP contribution in [0, 0.1) is 0 Å². The average molecular weight is 420 g/mol. The summed E-state index contributed by atoms with van der Waals surface area (Å²) in [5.41, 5.74) is 2.37. The molecule has 3 aromatic rings. The molecule has 0 fully saturated rings.